The zero-order valence-corrected chi connectivity index (χ0v) is 45.1. The van der Waals surface area contributed by atoms with Gasteiger partial charge in [-0.1, -0.05) is 310 Å². The molecule has 3 unspecified atom stereocenters. The summed E-state index contributed by atoms with van der Waals surface area (Å²) in [4.78, 5) is 26.3. The smallest absolute Gasteiger partial charge is 0.306 e. The maximum Gasteiger partial charge on any atom is 0.306 e. The molecule has 1 amide bonds. The molecule has 6 nitrogen and oxygen atoms in total. The quantitative estimate of drug-likeness (QED) is 0.0417. The third-order valence-electron chi connectivity index (χ3n) is 14.4. The van der Waals surface area contributed by atoms with Crippen LogP contribution in [-0.2, 0) is 14.3 Å². The van der Waals surface area contributed by atoms with Gasteiger partial charge in [0.25, 0.3) is 0 Å². The highest BCUT2D eigenvalue weighted by atomic mass is 16.5. The molecule has 0 saturated carbocycles. The maximum atomic E-state index is 13.3. The van der Waals surface area contributed by atoms with E-state index in [0.717, 1.165) is 38.5 Å². The number of amides is 1. The van der Waals surface area contributed by atoms with E-state index in [1.165, 1.54) is 263 Å². The maximum absolute atomic E-state index is 13.3. The molecular formula is C60H119NO5. The van der Waals surface area contributed by atoms with E-state index in [1.54, 1.807) is 0 Å². The number of aliphatic hydroxyl groups is 2. The monoisotopic (exact) mass is 934 g/mol. The van der Waals surface area contributed by atoms with Gasteiger partial charge in [-0.15, -0.1) is 0 Å². The molecule has 3 atom stereocenters. The van der Waals surface area contributed by atoms with Gasteiger partial charge in [0.1, 0.15) is 6.10 Å². The molecular weight excluding hydrogens is 815 g/mol. The largest absolute Gasteiger partial charge is 0.462 e. The lowest BCUT2D eigenvalue weighted by Crippen LogP contribution is -2.46. The van der Waals surface area contributed by atoms with Crippen molar-refractivity contribution in [3.05, 3.63) is 0 Å². The van der Waals surface area contributed by atoms with Crippen LogP contribution in [0.1, 0.15) is 348 Å². The lowest BCUT2D eigenvalue weighted by Gasteiger charge is -2.24. The molecule has 0 aliphatic carbocycles. The fourth-order valence-corrected chi connectivity index (χ4v) is 9.85. The number of carbonyl (C=O) groups is 2. The van der Waals surface area contributed by atoms with Gasteiger partial charge in [0.15, 0.2) is 0 Å². The van der Waals surface area contributed by atoms with Crippen molar-refractivity contribution in [1.82, 2.24) is 5.32 Å². The number of carbonyl (C=O) groups excluding carboxylic acids is 2. The molecule has 66 heavy (non-hydrogen) atoms. The van der Waals surface area contributed by atoms with E-state index in [0.29, 0.717) is 19.3 Å². The highest BCUT2D eigenvalue weighted by molar-refractivity contribution is 5.77. The minimum Gasteiger partial charge on any atom is -0.462 e. The van der Waals surface area contributed by atoms with Gasteiger partial charge in [0.05, 0.1) is 25.2 Å². The summed E-state index contributed by atoms with van der Waals surface area (Å²) in [6.07, 6.45) is 61.7. The van der Waals surface area contributed by atoms with Crippen LogP contribution in [-0.4, -0.2) is 46.9 Å². The van der Waals surface area contributed by atoms with Crippen molar-refractivity contribution in [3.8, 4) is 0 Å². The van der Waals surface area contributed by atoms with Gasteiger partial charge in [0.2, 0.25) is 5.91 Å². The van der Waals surface area contributed by atoms with Crippen molar-refractivity contribution >= 4 is 11.9 Å². The fraction of sp³-hybridized carbons (Fsp3) is 0.967. The number of aliphatic hydroxyl groups excluding tert-OH is 2. The van der Waals surface area contributed by atoms with Gasteiger partial charge in [-0.3, -0.25) is 9.59 Å². The van der Waals surface area contributed by atoms with E-state index in [9.17, 15) is 19.8 Å². The molecule has 6 heteroatoms. The predicted molar refractivity (Wildman–Crippen MR) is 287 cm³/mol. The molecule has 3 N–H and O–H groups in total. The minimum absolute atomic E-state index is 0.0889. The van der Waals surface area contributed by atoms with E-state index in [2.05, 4.69) is 26.1 Å². The summed E-state index contributed by atoms with van der Waals surface area (Å²) in [5, 5.41) is 23.9. The molecule has 0 bridgehead atoms. The van der Waals surface area contributed by atoms with Crippen molar-refractivity contribution in [3.63, 3.8) is 0 Å². The lowest BCUT2D eigenvalue weighted by molar-refractivity contribution is -0.151. The summed E-state index contributed by atoms with van der Waals surface area (Å²) >= 11 is 0. The van der Waals surface area contributed by atoms with Gasteiger partial charge >= 0.3 is 5.97 Å². The number of nitrogens with one attached hydrogen (secondary N) is 1. The SMILES string of the molecule is CCCCCCCCCCCCCCCCCCCCC(=O)OC(CCCCCCCCCCCCCCCCCC)CC(=O)NC(CO)C(O)CCCCCCCCCCCCCCC. The molecule has 0 fully saturated rings. The summed E-state index contributed by atoms with van der Waals surface area (Å²) in [6, 6.07) is -0.693. The molecule has 0 aromatic heterocycles. The number of ether oxygens (including phenoxy) is 1. The topological polar surface area (TPSA) is 95.9 Å². The standard InChI is InChI=1S/C60H119NO5/c1-4-7-10-13-16-19-22-25-27-29-30-32-35-38-41-44-47-50-53-60(65)66-56(51-48-45-42-39-36-34-31-28-26-23-20-17-14-11-8-5-2)54-59(64)61-57(55-62)58(63)52-49-46-43-40-37-33-24-21-18-15-12-9-6-3/h56-58,62-63H,4-55H2,1-3H3,(H,61,64). The third-order valence-corrected chi connectivity index (χ3v) is 14.4. The first-order chi connectivity index (χ1) is 32.5. The van der Waals surface area contributed by atoms with Crippen LogP contribution in [0.5, 0.6) is 0 Å². The molecule has 0 heterocycles. The van der Waals surface area contributed by atoms with Crippen molar-refractivity contribution in [2.45, 2.75) is 366 Å². The van der Waals surface area contributed by atoms with E-state index >= 15 is 0 Å². The second-order valence-electron chi connectivity index (χ2n) is 21.1. The average molecular weight is 935 g/mol. The summed E-state index contributed by atoms with van der Waals surface area (Å²) in [6.45, 7) is 6.54. The van der Waals surface area contributed by atoms with E-state index in [1.807, 2.05) is 0 Å². The zero-order valence-electron chi connectivity index (χ0n) is 45.1. The fourth-order valence-electron chi connectivity index (χ4n) is 9.85. The van der Waals surface area contributed by atoms with Crippen LogP contribution in [0.3, 0.4) is 0 Å². The average Bonchev–Trinajstić information content (AvgIpc) is 3.31. The van der Waals surface area contributed by atoms with Crippen molar-refractivity contribution in [2.24, 2.45) is 0 Å². The Hall–Kier alpha value is -1.14. The van der Waals surface area contributed by atoms with Crippen LogP contribution in [0.15, 0.2) is 0 Å². The van der Waals surface area contributed by atoms with Gasteiger partial charge in [-0.2, -0.15) is 0 Å². The first-order valence-corrected chi connectivity index (χ1v) is 30.3. The van der Waals surface area contributed by atoms with Gasteiger partial charge in [-0.05, 0) is 25.7 Å². The van der Waals surface area contributed by atoms with E-state index < -0.39 is 18.2 Å². The predicted octanol–water partition coefficient (Wildman–Crippen LogP) is 18.7. The second kappa shape index (κ2) is 54.8. The molecule has 0 aliphatic heterocycles. The number of hydrogen-bond donors (Lipinski definition) is 3. The highest BCUT2D eigenvalue weighted by Crippen LogP contribution is 2.20. The number of esters is 1. The van der Waals surface area contributed by atoms with Crippen LogP contribution < -0.4 is 5.32 Å². The van der Waals surface area contributed by atoms with Crippen LogP contribution >= 0.6 is 0 Å². The van der Waals surface area contributed by atoms with Crippen LogP contribution in [0, 0.1) is 0 Å². The molecule has 0 rings (SSSR count). The van der Waals surface area contributed by atoms with Gasteiger partial charge in [0, 0.05) is 6.42 Å². The number of hydrogen-bond acceptors (Lipinski definition) is 5. The van der Waals surface area contributed by atoms with Crippen molar-refractivity contribution in [1.29, 1.82) is 0 Å². The van der Waals surface area contributed by atoms with E-state index in [-0.39, 0.29) is 24.9 Å². The Morgan fingerprint density at radius 3 is 0.924 bits per heavy atom. The Morgan fingerprint density at radius 1 is 0.379 bits per heavy atom. The van der Waals surface area contributed by atoms with Crippen LogP contribution in [0.4, 0.5) is 0 Å². The Labute approximate surface area is 413 Å². The normalized spacial score (nSPS) is 13.0. The number of rotatable bonds is 56. The molecule has 0 aromatic rings. The second-order valence-corrected chi connectivity index (χ2v) is 21.1. The Balaban J connectivity index is 4.47. The minimum atomic E-state index is -0.780. The third kappa shape index (κ3) is 49.3. The first-order valence-electron chi connectivity index (χ1n) is 30.3. The summed E-state index contributed by atoms with van der Waals surface area (Å²) in [7, 11) is 0. The molecule has 0 radical (unpaired) electrons. The summed E-state index contributed by atoms with van der Waals surface area (Å²) in [5.41, 5.74) is 0. The molecule has 0 saturated heterocycles. The van der Waals surface area contributed by atoms with Crippen molar-refractivity contribution in [2.75, 3.05) is 6.61 Å². The number of unbranched alkanes of at least 4 members (excludes halogenated alkanes) is 44. The van der Waals surface area contributed by atoms with Crippen LogP contribution in [0.2, 0.25) is 0 Å². The van der Waals surface area contributed by atoms with E-state index in [4.69, 9.17) is 4.74 Å². The molecule has 0 spiro atoms. The Bertz CT molecular complexity index is 959. The highest BCUT2D eigenvalue weighted by Gasteiger charge is 2.24. The Morgan fingerprint density at radius 2 is 0.636 bits per heavy atom. The molecule has 394 valence electrons. The first kappa shape index (κ1) is 64.9. The molecule has 0 aliphatic rings. The molecule has 0 aromatic carbocycles. The van der Waals surface area contributed by atoms with Crippen LogP contribution in [0.25, 0.3) is 0 Å². The summed E-state index contributed by atoms with van der Waals surface area (Å²) in [5.74, 6) is -0.442. The zero-order chi connectivity index (χ0) is 48.1. The Kier molecular flexibility index (Phi) is 53.8. The lowest BCUT2D eigenvalue weighted by atomic mass is 10.0. The van der Waals surface area contributed by atoms with Gasteiger partial charge < -0.3 is 20.3 Å². The van der Waals surface area contributed by atoms with Crippen molar-refractivity contribution < 1.29 is 24.5 Å². The van der Waals surface area contributed by atoms with Gasteiger partial charge in [-0.25, -0.2) is 0 Å². The summed E-state index contributed by atoms with van der Waals surface area (Å²) < 4.78 is 5.98.